The summed E-state index contributed by atoms with van der Waals surface area (Å²) < 4.78 is 0. The molecule has 2 N–H and O–H groups in total. The maximum atomic E-state index is 12.5. The van der Waals surface area contributed by atoms with Crippen LogP contribution in [0, 0.1) is 0 Å². The summed E-state index contributed by atoms with van der Waals surface area (Å²) in [7, 11) is 0. The molecule has 0 saturated heterocycles. The molecule has 2 amide bonds. The van der Waals surface area contributed by atoms with Crippen LogP contribution >= 0.6 is 0 Å². The zero-order chi connectivity index (χ0) is 20.2. The van der Waals surface area contributed by atoms with E-state index >= 15 is 0 Å². The van der Waals surface area contributed by atoms with E-state index in [4.69, 9.17) is 0 Å². The van der Waals surface area contributed by atoms with Crippen molar-refractivity contribution in [2.24, 2.45) is 0 Å². The molecule has 4 rings (SSSR count). The second-order valence-corrected chi connectivity index (χ2v) is 6.92. The molecule has 0 atom stereocenters. The molecule has 7 heteroatoms. The second kappa shape index (κ2) is 8.10. The Morgan fingerprint density at radius 1 is 0.897 bits per heavy atom. The van der Waals surface area contributed by atoms with E-state index in [1.165, 1.54) is 18.1 Å². The number of carbonyl (C=O) groups is 2. The van der Waals surface area contributed by atoms with Gasteiger partial charge in [-0.15, -0.1) is 0 Å². The van der Waals surface area contributed by atoms with Crippen molar-refractivity contribution in [3.05, 3.63) is 77.6 Å². The minimum absolute atomic E-state index is 0.142. The fourth-order valence-corrected chi connectivity index (χ4v) is 3.31. The number of benzene rings is 2. The zero-order valence-electron chi connectivity index (χ0n) is 16.1. The average molecular weight is 387 g/mol. The van der Waals surface area contributed by atoms with Crippen molar-refractivity contribution in [3.8, 4) is 0 Å². The van der Waals surface area contributed by atoms with E-state index in [9.17, 15) is 9.59 Å². The number of hydrogen-bond donors (Lipinski definition) is 2. The summed E-state index contributed by atoms with van der Waals surface area (Å²) in [6.07, 6.45) is 4.05. The Morgan fingerprint density at radius 3 is 2.17 bits per heavy atom. The van der Waals surface area contributed by atoms with E-state index in [0.29, 0.717) is 22.9 Å². The predicted molar refractivity (Wildman–Crippen MR) is 112 cm³/mol. The standard InChI is InChI=1S/C22H21N5O2/c1-15(28)25-19-6-8-20(9-7-19)26-21(29)18-12-23-22(24-13-18)27-11-10-16-4-2-3-5-17(16)14-27/h2-9,12-13H,10-11,14H2,1H3,(H,25,28)(H,26,29). The largest absolute Gasteiger partial charge is 0.336 e. The van der Waals surface area contributed by atoms with Gasteiger partial charge in [0.15, 0.2) is 0 Å². The Labute approximate surface area is 168 Å². The van der Waals surface area contributed by atoms with Crippen molar-refractivity contribution in [3.63, 3.8) is 0 Å². The van der Waals surface area contributed by atoms with E-state index in [2.05, 4.69) is 43.7 Å². The summed E-state index contributed by atoms with van der Waals surface area (Å²) in [5.74, 6) is 0.194. The number of rotatable bonds is 4. The highest BCUT2D eigenvalue weighted by atomic mass is 16.2. The molecule has 1 aliphatic heterocycles. The maximum absolute atomic E-state index is 12.5. The van der Waals surface area contributed by atoms with Gasteiger partial charge in [0.05, 0.1) is 5.56 Å². The molecule has 0 fully saturated rings. The van der Waals surface area contributed by atoms with E-state index in [-0.39, 0.29) is 11.8 Å². The van der Waals surface area contributed by atoms with Crippen molar-refractivity contribution >= 4 is 29.1 Å². The number of nitrogens with one attached hydrogen (secondary N) is 2. The highest BCUT2D eigenvalue weighted by Crippen LogP contribution is 2.22. The van der Waals surface area contributed by atoms with Crippen molar-refractivity contribution < 1.29 is 9.59 Å². The molecule has 0 bridgehead atoms. The molecule has 1 aromatic heterocycles. The van der Waals surface area contributed by atoms with Gasteiger partial charge in [-0.3, -0.25) is 9.59 Å². The minimum atomic E-state index is -0.284. The van der Waals surface area contributed by atoms with Crippen LogP contribution in [0.25, 0.3) is 0 Å². The smallest absolute Gasteiger partial charge is 0.258 e. The average Bonchev–Trinajstić information content (AvgIpc) is 2.74. The first kappa shape index (κ1) is 18.6. The molecule has 3 aromatic rings. The first-order chi connectivity index (χ1) is 14.1. The van der Waals surface area contributed by atoms with Gasteiger partial charge in [0.1, 0.15) is 0 Å². The van der Waals surface area contributed by atoms with E-state index in [1.54, 1.807) is 36.7 Å². The quantitative estimate of drug-likeness (QED) is 0.718. The van der Waals surface area contributed by atoms with Gasteiger partial charge in [0.25, 0.3) is 5.91 Å². The van der Waals surface area contributed by atoms with Gasteiger partial charge in [-0.25, -0.2) is 9.97 Å². The summed E-state index contributed by atoms with van der Waals surface area (Å²) in [6, 6.07) is 15.3. The summed E-state index contributed by atoms with van der Waals surface area (Å²) >= 11 is 0. The van der Waals surface area contributed by atoms with Crippen LogP contribution in [-0.4, -0.2) is 28.3 Å². The molecule has 146 valence electrons. The molecule has 1 aliphatic rings. The Balaban J connectivity index is 1.40. The molecule has 0 saturated carbocycles. The molecular weight excluding hydrogens is 366 g/mol. The summed E-state index contributed by atoms with van der Waals surface area (Å²) in [6.45, 7) is 3.06. The van der Waals surface area contributed by atoms with Crippen LogP contribution < -0.4 is 15.5 Å². The van der Waals surface area contributed by atoms with Crippen LogP contribution in [0.3, 0.4) is 0 Å². The first-order valence-electron chi connectivity index (χ1n) is 9.41. The van der Waals surface area contributed by atoms with Gasteiger partial charge < -0.3 is 15.5 Å². The number of carbonyl (C=O) groups excluding carboxylic acids is 2. The lowest BCUT2D eigenvalue weighted by atomic mass is 10.0. The zero-order valence-corrected chi connectivity index (χ0v) is 16.1. The summed E-state index contributed by atoms with van der Waals surface area (Å²) in [5.41, 5.74) is 4.33. The lowest BCUT2D eigenvalue weighted by Crippen LogP contribution is -2.31. The summed E-state index contributed by atoms with van der Waals surface area (Å²) in [5, 5.41) is 5.49. The second-order valence-electron chi connectivity index (χ2n) is 6.92. The molecule has 29 heavy (non-hydrogen) atoms. The predicted octanol–water partition coefficient (Wildman–Crippen LogP) is 3.25. The Hall–Kier alpha value is -3.74. The Morgan fingerprint density at radius 2 is 1.52 bits per heavy atom. The molecule has 0 spiro atoms. The van der Waals surface area contributed by atoms with E-state index in [1.807, 2.05) is 6.07 Å². The van der Waals surface area contributed by atoms with Gasteiger partial charge in [-0.2, -0.15) is 0 Å². The van der Waals surface area contributed by atoms with E-state index in [0.717, 1.165) is 19.5 Å². The van der Waals surface area contributed by atoms with Gasteiger partial charge in [0, 0.05) is 43.8 Å². The van der Waals surface area contributed by atoms with E-state index < -0.39 is 0 Å². The minimum Gasteiger partial charge on any atom is -0.336 e. The number of anilines is 3. The Kier molecular flexibility index (Phi) is 5.20. The first-order valence-corrected chi connectivity index (χ1v) is 9.41. The molecular formula is C22H21N5O2. The number of fused-ring (bicyclic) bond motifs is 1. The molecule has 0 aliphatic carbocycles. The van der Waals surface area contributed by atoms with Crippen LogP contribution in [0.5, 0.6) is 0 Å². The van der Waals surface area contributed by atoms with Gasteiger partial charge in [-0.1, -0.05) is 24.3 Å². The number of hydrogen-bond acceptors (Lipinski definition) is 5. The topological polar surface area (TPSA) is 87.2 Å². The highest BCUT2D eigenvalue weighted by Gasteiger charge is 2.18. The Bertz CT molecular complexity index is 1030. The monoisotopic (exact) mass is 387 g/mol. The third kappa shape index (κ3) is 4.40. The van der Waals surface area contributed by atoms with Crippen LogP contribution in [0.4, 0.5) is 17.3 Å². The normalized spacial score (nSPS) is 12.8. The number of aromatic nitrogens is 2. The van der Waals surface area contributed by atoms with Crippen molar-refractivity contribution in [1.29, 1.82) is 0 Å². The van der Waals surface area contributed by atoms with Crippen molar-refractivity contribution in [2.75, 3.05) is 22.1 Å². The lowest BCUT2D eigenvalue weighted by molar-refractivity contribution is -0.114. The van der Waals surface area contributed by atoms with Gasteiger partial charge >= 0.3 is 0 Å². The number of amides is 2. The van der Waals surface area contributed by atoms with Crippen molar-refractivity contribution in [2.45, 2.75) is 19.9 Å². The maximum Gasteiger partial charge on any atom is 0.258 e. The molecule has 0 radical (unpaired) electrons. The third-order valence-corrected chi connectivity index (χ3v) is 4.78. The van der Waals surface area contributed by atoms with Gasteiger partial charge in [0.2, 0.25) is 11.9 Å². The summed E-state index contributed by atoms with van der Waals surface area (Å²) in [4.78, 5) is 34.4. The van der Waals surface area contributed by atoms with Crippen LogP contribution in [0.2, 0.25) is 0 Å². The number of nitrogens with zero attached hydrogens (tertiary/aromatic N) is 3. The van der Waals surface area contributed by atoms with Crippen molar-refractivity contribution in [1.82, 2.24) is 9.97 Å². The molecule has 2 heterocycles. The third-order valence-electron chi connectivity index (χ3n) is 4.78. The SMILES string of the molecule is CC(=O)Nc1ccc(NC(=O)c2cnc(N3CCc4ccccc4C3)nc2)cc1. The van der Waals surface area contributed by atoms with Crippen LogP contribution in [0.15, 0.2) is 60.9 Å². The lowest BCUT2D eigenvalue weighted by Gasteiger charge is -2.28. The molecule has 0 unspecified atom stereocenters. The van der Waals surface area contributed by atoms with Gasteiger partial charge in [-0.05, 0) is 41.8 Å². The molecule has 7 nitrogen and oxygen atoms in total. The van der Waals surface area contributed by atoms with Crippen LogP contribution in [0.1, 0.15) is 28.4 Å². The molecule has 2 aromatic carbocycles. The fraction of sp³-hybridized carbons (Fsp3) is 0.182. The fourth-order valence-electron chi connectivity index (χ4n) is 3.31. The highest BCUT2D eigenvalue weighted by molar-refractivity contribution is 6.04. The van der Waals surface area contributed by atoms with Crippen LogP contribution in [-0.2, 0) is 17.8 Å².